The van der Waals surface area contributed by atoms with Crippen LogP contribution in [-0.4, -0.2) is 76.3 Å². The van der Waals surface area contributed by atoms with E-state index in [0.29, 0.717) is 25.9 Å². The minimum absolute atomic E-state index is 0.0671. The molecule has 1 atom stereocenters. The summed E-state index contributed by atoms with van der Waals surface area (Å²) >= 11 is 0. The number of aromatic nitrogens is 2. The van der Waals surface area contributed by atoms with Gasteiger partial charge in [-0.1, -0.05) is 0 Å². The SMILES string of the molecule is CCOC(=O)C(CN(C=O)CC(F)F)Cn1nc2c(c1C)CN(C(=O)OC(C)(C)C)CC2. The maximum absolute atomic E-state index is 12.7. The molecular weight excluding hydrogens is 426 g/mol. The van der Waals surface area contributed by atoms with Gasteiger partial charge in [0.1, 0.15) is 5.60 Å². The second-order valence-corrected chi connectivity index (χ2v) is 8.74. The molecule has 1 unspecified atom stereocenters. The quantitative estimate of drug-likeness (QED) is 0.417. The molecule has 0 saturated carbocycles. The van der Waals surface area contributed by atoms with Crippen molar-refractivity contribution in [2.24, 2.45) is 5.92 Å². The maximum atomic E-state index is 12.7. The largest absolute Gasteiger partial charge is 0.466 e. The molecule has 11 heteroatoms. The molecule has 1 aromatic heterocycles. The van der Waals surface area contributed by atoms with E-state index in [0.717, 1.165) is 21.9 Å². The van der Waals surface area contributed by atoms with Crippen LogP contribution in [0.5, 0.6) is 0 Å². The lowest BCUT2D eigenvalue weighted by molar-refractivity contribution is -0.149. The lowest BCUT2D eigenvalue weighted by atomic mass is 10.1. The Morgan fingerprint density at radius 3 is 2.53 bits per heavy atom. The number of alkyl halides is 2. The zero-order valence-corrected chi connectivity index (χ0v) is 19.3. The van der Waals surface area contributed by atoms with E-state index in [-0.39, 0.29) is 19.7 Å². The van der Waals surface area contributed by atoms with Crippen LogP contribution < -0.4 is 0 Å². The first-order valence-corrected chi connectivity index (χ1v) is 10.6. The highest BCUT2D eigenvalue weighted by Gasteiger charge is 2.31. The number of nitrogens with zero attached hydrogens (tertiary/aromatic N) is 4. The Morgan fingerprint density at radius 2 is 1.97 bits per heavy atom. The zero-order valence-electron chi connectivity index (χ0n) is 19.3. The molecule has 0 aromatic carbocycles. The van der Waals surface area contributed by atoms with Gasteiger partial charge >= 0.3 is 12.1 Å². The molecule has 1 aliphatic rings. The van der Waals surface area contributed by atoms with Gasteiger partial charge in [0.05, 0.1) is 37.9 Å². The first kappa shape index (κ1) is 25.5. The number of amides is 2. The summed E-state index contributed by atoms with van der Waals surface area (Å²) in [6.07, 6.45) is -2.29. The second kappa shape index (κ2) is 10.7. The molecule has 9 nitrogen and oxygen atoms in total. The summed E-state index contributed by atoms with van der Waals surface area (Å²) in [6, 6.07) is 0. The number of esters is 1. The molecule has 0 spiro atoms. The highest BCUT2D eigenvalue weighted by molar-refractivity contribution is 5.73. The minimum Gasteiger partial charge on any atom is -0.466 e. The molecule has 2 amide bonds. The Morgan fingerprint density at radius 1 is 1.28 bits per heavy atom. The van der Waals surface area contributed by atoms with Crippen molar-refractivity contribution in [2.45, 2.75) is 66.2 Å². The Hall–Kier alpha value is -2.72. The average Bonchev–Trinajstić information content (AvgIpc) is 3.00. The van der Waals surface area contributed by atoms with E-state index in [4.69, 9.17) is 9.47 Å². The number of hydrogen-bond acceptors (Lipinski definition) is 6. The molecule has 2 heterocycles. The van der Waals surface area contributed by atoms with Gasteiger partial charge in [-0.2, -0.15) is 5.10 Å². The fourth-order valence-electron chi connectivity index (χ4n) is 3.52. The van der Waals surface area contributed by atoms with Crippen molar-refractivity contribution in [2.75, 3.05) is 26.2 Å². The lowest BCUT2D eigenvalue weighted by Gasteiger charge is -2.29. The van der Waals surface area contributed by atoms with Gasteiger partial charge < -0.3 is 19.3 Å². The molecule has 0 fully saturated rings. The van der Waals surface area contributed by atoms with Crippen LogP contribution in [0.25, 0.3) is 0 Å². The molecule has 0 N–H and O–H groups in total. The normalized spacial score (nSPS) is 14.7. The van der Waals surface area contributed by atoms with E-state index < -0.39 is 36.6 Å². The zero-order chi connectivity index (χ0) is 24.1. The van der Waals surface area contributed by atoms with Crippen LogP contribution in [0.1, 0.15) is 44.6 Å². The van der Waals surface area contributed by atoms with Crippen LogP contribution in [0.4, 0.5) is 13.6 Å². The van der Waals surface area contributed by atoms with Crippen LogP contribution in [-0.2, 0) is 38.6 Å². The van der Waals surface area contributed by atoms with Gasteiger partial charge in [0, 0.05) is 30.8 Å². The predicted octanol–water partition coefficient (Wildman–Crippen LogP) is 2.39. The van der Waals surface area contributed by atoms with Crippen LogP contribution in [0.2, 0.25) is 0 Å². The summed E-state index contributed by atoms with van der Waals surface area (Å²) in [6.45, 7) is 8.88. The number of carbonyl (C=O) groups is 3. The van der Waals surface area contributed by atoms with Crippen molar-refractivity contribution in [1.29, 1.82) is 0 Å². The van der Waals surface area contributed by atoms with Gasteiger partial charge in [-0.3, -0.25) is 14.3 Å². The van der Waals surface area contributed by atoms with Crippen molar-refractivity contribution in [3.8, 4) is 0 Å². The summed E-state index contributed by atoms with van der Waals surface area (Å²) in [5.74, 6) is -1.45. The summed E-state index contributed by atoms with van der Waals surface area (Å²) in [7, 11) is 0. The molecule has 1 aromatic rings. The molecule has 180 valence electrons. The van der Waals surface area contributed by atoms with E-state index in [9.17, 15) is 23.2 Å². The molecule has 0 aliphatic carbocycles. The average molecular weight is 459 g/mol. The van der Waals surface area contributed by atoms with Crippen LogP contribution >= 0.6 is 0 Å². The number of ether oxygens (including phenoxy) is 2. The van der Waals surface area contributed by atoms with Crippen LogP contribution in [0, 0.1) is 12.8 Å². The number of halogens is 2. The fraction of sp³-hybridized carbons (Fsp3) is 0.714. The summed E-state index contributed by atoms with van der Waals surface area (Å²) in [4.78, 5) is 38.6. The van der Waals surface area contributed by atoms with E-state index in [2.05, 4.69) is 5.10 Å². The smallest absolute Gasteiger partial charge is 0.410 e. The third-order valence-corrected chi connectivity index (χ3v) is 5.02. The van der Waals surface area contributed by atoms with E-state index in [1.807, 2.05) is 6.92 Å². The molecule has 2 rings (SSSR count). The first-order valence-electron chi connectivity index (χ1n) is 10.6. The van der Waals surface area contributed by atoms with Crippen molar-refractivity contribution < 1.29 is 32.6 Å². The van der Waals surface area contributed by atoms with Crippen LogP contribution in [0.15, 0.2) is 0 Å². The predicted molar refractivity (Wildman–Crippen MR) is 111 cm³/mol. The van der Waals surface area contributed by atoms with Gasteiger partial charge in [-0.05, 0) is 34.6 Å². The van der Waals surface area contributed by atoms with Crippen molar-refractivity contribution in [3.05, 3.63) is 17.0 Å². The van der Waals surface area contributed by atoms with Crippen molar-refractivity contribution in [1.82, 2.24) is 19.6 Å². The van der Waals surface area contributed by atoms with Gasteiger partial charge in [-0.25, -0.2) is 13.6 Å². The third-order valence-electron chi connectivity index (χ3n) is 5.02. The molecule has 0 radical (unpaired) electrons. The number of carbonyl (C=O) groups excluding carboxylic acids is 3. The Bertz CT molecular complexity index is 822. The second-order valence-electron chi connectivity index (χ2n) is 8.74. The molecule has 0 saturated heterocycles. The lowest BCUT2D eigenvalue weighted by Crippen LogP contribution is -2.39. The summed E-state index contributed by atoms with van der Waals surface area (Å²) in [5.41, 5.74) is 1.83. The molecular formula is C21H32F2N4O5. The number of fused-ring (bicyclic) bond motifs is 1. The fourth-order valence-corrected chi connectivity index (χ4v) is 3.52. The molecule has 1 aliphatic heterocycles. The first-order chi connectivity index (χ1) is 14.9. The van der Waals surface area contributed by atoms with E-state index >= 15 is 0 Å². The Kier molecular flexibility index (Phi) is 8.57. The van der Waals surface area contributed by atoms with Crippen molar-refractivity contribution >= 4 is 18.5 Å². The third kappa shape index (κ3) is 6.89. The van der Waals surface area contributed by atoms with Gasteiger partial charge in [-0.15, -0.1) is 0 Å². The minimum atomic E-state index is -2.71. The maximum Gasteiger partial charge on any atom is 0.410 e. The monoisotopic (exact) mass is 458 g/mol. The van der Waals surface area contributed by atoms with E-state index in [1.54, 1.807) is 37.3 Å². The summed E-state index contributed by atoms with van der Waals surface area (Å²) in [5, 5.41) is 4.57. The van der Waals surface area contributed by atoms with Gasteiger partial charge in [0.25, 0.3) is 6.43 Å². The topological polar surface area (TPSA) is 94.0 Å². The molecule has 0 bridgehead atoms. The number of rotatable bonds is 9. The highest BCUT2D eigenvalue weighted by Crippen LogP contribution is 2.24. The Balaban J connectivity index is 2.19. The van der Waals surface area contributed by atoms with Crippen LogP contribution in [0.3, 0.4) is 0 Å². The Labute approximate surface area is 186 Å². The van der Waals surface area contributed by atoms with Crippen molar-refractivity contribution in [3.63, 3.8) is 0 Å². The van der Waals surface area contributed by atoms with Gasteiger partial charge in [0.2, 0.25) is 6.41 Å². The molecule has 32 heavy (non-hydrogen) atoms. The van der Waals surface area contributed by atoms with Gasteiger partial charge in [0.15, 0.2) is 0 Å². The standard InChI is InChI=1S/C21H32F2N4O5/c1-6-31-19(29)15(9-25(13-28)12-18(22)23)10-27-14(2)16-11-26(8-7-17(16)24-27)20(30)32-21(3,4)5/h13,15,18H,6-12H2,1-5H3. The number of hydrogen-bond donors (Lipinski definition) is 0. The van der Waals surface area contributed by atoms with E-state index in [1.165, 1.54) is 0 Å². The highest BCUT2D eigenvalue weighted by atomic mass is 19.3. The summed E-state index contributed by atoms with van der Waals surface area (Å²) < 4.78 is 37.6.